The summed E-state index contributed by atoms with van der Waals surface area (Å²) >= 11 is 0. The lowest BCUT2D eigenvalue weighted by atomic mass is 9.71. The highest BCUT2D eigenvalue weighted by Gasteiger charge is 2.47. The lowest BCUT2D eigenvalue weighted by Crippen LogP contribution is -2.64. The molecule has 0 aliphatic carbocycles. The van der Waals surface area contributed by atoms with E-state index in [0.29, 0.717) is 23.9 Å². The van der Waals surface area contributed by atoms with Gasteiger partial charge < -0.3 is 10.2 Å². The predicted octanol–water partition coefficient (Wildman–Crippen LogP) is 2.41. The van der Waals surface area contributed by atoms with Crippen molar-refractivity contribution in [3.63, 3.8) is 0 Å². The maximum Gasteiger partial charge on any atom is 0.223 e. The molecule has 3 rings (SSSR count). The lowest BCUT2D eigenvalue weighted by molar-refractivity contribution is -0.149. The number of hydrogen-bond donors (Lipinski definition) is 1. The number of amides is 1. The van der Waals surface area contributed by atoms with Gasteiger partial charge in [0.15, 0.2) is 0 Å². The van der Waals surface area contributed by atoms with Gasteiger partial charge in [-0.15, -0.1) is 0 Å². The number of fused-ring (bicyclic) bond motifs is 4. The van der Waals surface area contributed by atoms with Gasteiger partial charge in [0.2, 0.25) is 5.91 Å². The predicted molar refractivity (Wildman–Crippen MR) is 76.8 cm³/mol. The zero-order valence-electron chi connectivity index (χ0n) is 12.4. The van der Waals surface area contributed by atoms with Crippen LogP contribution in [0.15, 0.2) is 0 Å². The van der Waals surface area contributed by atoms with E-state index in [9.17, 15) is 4.79 Å². The van der Waals surface area contributed by atoms with Gasteiger partial charge in [0.1, 0.15) is 0 Å². The van der Waals surface area contributed by atoms with Crippen LogP contribution >= 0.6 is 0 Å². The number of carbonyl (C=O) groups is 1. The second kappa shape index (κ2) is 5.43. The van der Waals surface area contributed by atoms with Crippen molar-refractivity contribution < 1.29 is 4.79 Å². The van der Waals surface area contributed by atoms with Crippen molar-refractivity contribution in [2.75, 3.05) is 13.1 Å². The minimum Gasteiger partial charge on any atom is -0.336 e. The van der Waals surface area contributed by atoms with Crippen molar-refractivity contribution in [3.05, 3.63) is 0 Å². The molecular weight excluding hydrogens is 236 g/mol. The fourth-order valence-electron chi connectivity index (χ4n) is 4.51. The SMILES string of the molecule is CC(C)CC[C@H]1[C@@H]2CNC[C@@H](C2)[C@@H]2CCCC(=O)N12. The van der Waals surface area contributed by atoms with Gasteiger partial charge in [0.05, 0.1) is 0 Å². The quantitative estimate of drug-likeness (QED) is 0.849. The molecule has 1 amide bonds. The van der Waals surface area contributed by atoms with Crippen molar-refractivity contribution >= 4 is 5.91 Å². The highest BCUT2D eigenvalue weighted by Crippen LogP contribution is 2.41. The van der Waals surface area contributed by atoms with E-state index in [2.05, 4.69) is 24.1 Å². The van der Waals surface area contributed by atoms with E-state index in [-0.39, 0.29) is 0 Å². The average Bonchev–Trinajstić information content (AvgIpc) is 2.39. The first-order valence-corrected chi connectivity index (χ1v) is 8.18. The molecular formula is C16H28N2O. The van der Waals surface area contributed by atoms with E-state index in [1.807, 2.05) is 0 Å². The van der Waals surface area contributed by atoms with Crippen LogP contribution in [0.4, 0.5) is 0 Å². The molecule has 3 aliphatic heterocycles. The zero-order chi connectivity index (χ0) is 13.4. The molecule has 0 radical (unpaired) electrons. The maximum absolute atomic E-state index is 12.4. The van der Waals surface area contributed by atoms with Crippen LogP contribution < -0.4 is 5.32 Å². The van der Waals surface area contributed by atoms with Gasteiger partial charge in [-0.2, -0.15) is 0 Å². The van der Waals surface area contributed by atoms with Crippen LogP contribution in [0.25, 0.3) is 0 Å². The molecule has 108 valence electrons. The maximum atomic E-state index is 12.4. The minimum atomic E-state index is 0.446. The molecule has 2 bridgehead atoms. The van der Waals surface area contributed by atoms with Crippen LogP contribution in [-0.2, 0) is 4.79 Å². The summed E-state index contributed by atoms with van der Waals surface area (Å²) in [5, 5.41) is 3.61. The molecule has 3 heteroatoms. The number of carbonyl (C=O) groups excluding carboxylic acids is 1. The topological polar surface area (TPSA) is 32.3 Å². The summed E-state index contributed by atoms with van der Waals surface area (Å²) in [6.45, 7) is 6.83. The number of hydrogen-bond acceptors (Lipinski definition) is 2. The van der Waals surface area contributed by atoms with Gasteiger partial charge >= 0.3 is 0 Å². The number of piperidine rings is 3. The molecule has 3 aliphatic rings. The first kappa shape index (κ1) is 13.4. The Bertz CT molecular complexity index is 342. The molecule has 3 saturated heterocycles. The smallest absolute Gasteiger partial charge is 0.223 e. The van der Waals surface area contributed by atoms with Gasteiger partial charge in [-0.3, -0.25) is 4.79 Å². The Balaban J connectivity index is 1.79. The van der Waals surface area contributed by atoms with E-state index in [1.54, 1.807) is 0 Å². The van der Waals surface area contributed by atoms with Crippen molar-refractivity contribution in [3.8, 4) is 0 Å². The summed E-state index contributed by atoms with van der Waals surface area (Å²) in [6, 6.07) is 1.06. The molecule has 1 N–H and O–H groups in total. The third kappa shape index (κ3) is 2.54. The summed E-state index contributed by atoms with van der Waals surface area (Å²) in [7, 11) is 0. The second-order valence-corrected chi connectivity index (χ2v) is 7.21. The Morgan fingerprint density at radius 1 is 1.32 bits per heavy atom. The van der Waals surface area contributed by atoms with Crippen molar-refractivity contribution in [2.24, 2.45) is 17.8 Å². The lowest BCUT2D eigenvalue weighted by Gasteiger charge is -2.55. The number of nitrogens with zero attached hydrogens (tertiary/aromatic N) is 1. The fourth-order valence-corrected chi connectivity index (χ4v) is 4.51. The summed E-state index contributed by atoms with van der Waals surface area (Å²) in [6.07, 6.45) is 6.95. The Labute approximate surface area is 117 Å². The normalized spacial score (nSPS) is 38.5. The highest BCUT2D eigenvalue weighted by molar-refractivity contribution is 5.78. The summed E-state index contributed by atoms with van der Waals surface area (Å²) in [5.41, 5.74) is 0. The summed E-state index contributed by atoms with van der Waals surface area (Å²) in [4.78, 5) is 14.8. The first-order valence-electron chi connectivity index (χ1n) is 8.18. The van der Waals surface area contributed by atoms with Crippen molar-refractivity contribution in [2.45, 2.75) is 64.5 Å². The monoisotopic (exact) mass is 264 g/mol. The molecule has 0 saturated carbocycles. The van der Waals surface area contributed by atoms with Gasteiger partial charge in [0, 0.05) is 18.5 Å². The molecule has 0 spiro atoms. The van der Waals surface area contributed by atoms with Gasteiger partial charge in [-0.05, 0) is 62.9 Å². The number of rotatable bonds is 3. The summed E-state index contributed by atoms with van der Waals surface area (Å²) < 4.78 is 0. The van der Waals surface area contributed by atoms with Crippen LogP contribution in [0.2, 0.25) is 0 Å². The van der Waals surface area contributed by atoms with Crippen molar-refractivity contribution in [1.82, 2.24) is 10.2 Å². The molecule has 19 heavy (non-hydrogen) atoms. The van der Waals surface area contributed by atoms with Crippen LogP contribution in [0.5, 0.6) is 0 Å². The molecule has 0 unspecified atom stereocenters. The molecule has 3 nitrogen and oxygen atoms in total. The Hall–Kier alpha value is -0.570. The summed E-state index contributed by atoms with van der Waals surface area (Å²) in [5.74, 6) is 2.61. The molecule has 3 fully saturated rings. The largest absolute Gasteiger partial charge is 0.336 e. The molecule has 0 aromatic rings. The Kier molecular flexibility index (Phi) is 3.84. The van der Waals surface area contributed by atoms with Crippen LogP contribution in [0.1, 0.15) is 52.4 Å². The third-order valence-electron chi connectivity index (χ3n) is 5.44. The molecule has 4 atom stereocenters. The minimum absolute atomic E-state index is 0.446. The van der Waals surface area contributed by atoms with Gasteiger partial charge in [-0.25, -0.2) is 0 Å². The van der Waals surface area contributed by atoms with Crippen LogP contribution in [0.3, 0.4) is 0 Å². The Morgan fingerprint density at radius 3 is 2.89 bits per heavy atom. The highest BCUT2D eigenvalue weighted by atomic mass is 16.2. The van der Waals surface area contributed by atoms with E-state index in [0.717, 1.165) is 37.8 Å². The van der Waals surface area contributed by atoms with Gasteiger partial charge in [-0.1, -0.05) is 13.8 Å². The molecule has 0 aromatic heterocycles. The number of nitrogens with one attached hydrogen (secondary N) is 1. The van der Waals surface area contributed by atoms with Gasteiger partial charge in [0.25, 0.3) is 0 Å². The van der Waals surface area contributed by atoms with E-state index in [1.165, 1.54) is 25.7 Å². The van der Waals surface area contributed by atoms with E-state index >= 15 is 0 Å². The fraction of sp³-hybridized carbons (Fsp3) is 0.938. The van der Waals surface area contributed by atoms with Crippen molar-refractivity contribution in [1.29, 1.82) is 0 Å². The van der Waals surface area contributed by atoms with E-state index in [4.69, 9.17) is 0 Å². The average molecular weight is 264 g/mol. The third-order valence-corrected chi connectivity index (χ3v) is 5.44. The van der Waals surface area contributed by atoms with Crippen LogP contribution in [0, 0.1) is 17.8 Å². The molecule has 3 heterocycles. The standard InChI is InChI=1S/C16H28N2O/c1-11(2)6-7-15-13-8-12(9-17-10-13)14-4-3-5-16(19)18(14)15/h11-15,17H,3-10H2,1-2H3/t12-,13+,14+,15+/m1/s1. The first-order chi connectivity index (χ1) is 9.16. The van der Waals surface area contributed by atoms with Crippen LogP contribution in [-0.4, -0.2) is 36.0 Å². The van der Waals surface area contributed by atoms with E-state index < -0.39 is 0 Å². The Morgan fingerprint density at radius 2 is 2.11 bits per heavy atom. The molecule has 0 aromatic carbocycles. The zero-order valence-corrected chi connectivity index (χ0v) is 12.4. The second-order valence-electron chi connectivity index (χ2n) is 7.21.